The van der Waals surface area contributed by atoms with E-state index in [1.54, 1.807) is 24.3 Å². The van der Waals surface area contributed by atoms with E-state index in [0.717, 1.165) is 50.0 Å². The van der Waals surface area contributed by atoms with Crippen LogP contribution in [-0.2, 0) is 14.3 Å². The molecule has 0 atom stereocenters. The molecule has 0 N–H and O–H groups in total. The lowest BCUT2D eigenvalue weighted by Gasteiger charge is -2.38. The van der Waals surface area contributed by atoms with Gasteiger partial charge in [0, 0.05) is 26.1 Å². The third kappa shape index (κ3) is 4.82. The molecule has 0 aliphatic carbocycles. The molecule has 0 bridgehead atoms. The third-order valence-corrected chi connectivity index (χ3v) is 5.92. The second kappa shape index (κ2) is 8.59. The summed E-state index contributed by atoms with van der Waals surface area (Å²) in [6.45, 7) is 2.98. The van der Waals surface area contributed by atoms with E-state index < -0.39 is 0 Å². The summed E-state index contributed by atoms with van der Waals surface area (Å²) in [6.07, 6.45) is 2.69. The topological polar surface area (TPSA) is 38.8 Å². The van der Waals surface area contributed by atoms with Crippen LogP contribution in [0.25, 0.3) is 0 Å². The average Bonchev–Trinajstić information content (AvgIpc) is 3.09. The van der Waals surface area contributed by atoms with Crippen molar-refractivity contribution in [3.63, 3.8) is 0 Å². The number of rotatable bonds is 6. The molecule has 0 saturated carbocycles. The van der Waals surface area contributed by atoms with Crippen LogP contribution in [0.5, 0.6) is 0 Å². The number of carbonyl (C=O) groups is 1. The molecule has 2 saturated heterocycles. The first-order valence-corrected chi connectivity index (χ1v) is 10.1. The van der Waals surface area contributed by atoms with Crippen LogP contribution in [0.15, 0.2) is 48.5 Å². The molecule has 0 aromatic heterocycles. The second-order valence-electron chi connectivity index (χ2n) is 7.85. The fourth-order valence-electron chi connectivity index (χ4n) is 4.17. The monoisotopic (exact) mass is 401 g/mol. The standard InChI is InChI=1S/C23H25F2NO3/c24-19-5-1-17(2-6-19)22(18-3-7-20(25)8-4-18)28-16-15-26-13-11-23(12-14-26)10-9-21(27)29-23/h1-8,22H,9-16H2. The Morgan fingerprint density at radius 2 is 1.48 bits per heavy atom. The van der Waals surface area contributed by atoms with Crippen molar-refractivity contribution in [1.29, 1.82) is 0 Å². The molecule has 4 nitrogen and oxygen atoms in total. The van der Waals surface area contributed by atoms with Crippen molar-refractivity contribution in [1.82, 2.24) is 4.90 Å². The summed E-state index contributed by atoms with van der Waals surface area (Å²) in [6, 6.07) is 12.4. The van der Waals surface area contributed by atoms with E-state index in [0.29, 0.717) is 13.0 Å². The number of piperidine rings is 1. The minimum Gasteiger partial charge on any atom is -0.459 e. The van der Waals surface area contributed by atoms with E-state index >= 15 is 0 Å². The summed E-state index contributed by atoms with van der Waals surface area (Å²) in [7, 11) is 0. The smallest absolute Gasteiger partial charge is 0.306 e. The summed E-state index contributed by atoms with van der Waals surface area (Å²) in [4.78, 5) is 13.8. The Balaban J connectivity index is 1.35. The van der Waals surface area contributed by atoms with Gasteiger partial charge < -0.3 is 14.4 Å². The molecule has 29 heavy (non-hydrogen) atoms. The first-order valence-electron chi connectivity index (χ1n) is 10.1. The molecule has 2 aliphatic heterocycles. The van der Waals surface area contributed by atoms with Crippen LogP contribution in [0.1, 0.15) is 42.9 Å². The van der Waals surface area contributed by atoms with Crippen molar-refractivity contribution < 1.29 is 23.0 Å². The van der Waals surface area contributed by atoms with E-state index in [1.807, 2.05) is 0 Å². The number of esters is 1. The van der Waals surface area contributed by atoms with Gasteiger partial charge in [0.05, 0.1) is 6.61 Å². The van der Waals surface area contributed by atoms with E-state index in [-0.39, 0.29) is 29.3 Å². The van der Waals surface area contributed by atoms with Crippen molar-refractivity contribution in [3.05, 3.63) is 71.3 Å². The lowest BCUT2D eigenvalue weighted by atomic mass is 9.89. The lowest BCUT2D eigenvalue weighted by Crippen LogP contribution is -2.45. The van der Waals surface area contributed by atoms with Crippen LogP contribution in [0.4, 0.5) is 8.78 Å². The van der Waals surface area contributed by atoms with Gasteiger partial charge in [-0.05, 0) is 54.7 Å². The van der Waals surface area contributed by atoms with Crippen molar-refractivity contribution in [2.75, 3.05) is 26.2 Å². The molecule has 2 aliphatic rings. The number of carbonyl (C=O) groups excluding carboxylic acids is 1. The molecule has 2 aromatic rings. The van der Waals surface area contributed by atoms with Gasteiger partial charge in [-0.3, -0.25) is 4.79 Å². The molecule has 0 radical (unpaired) electrons. The molecule has 4 rings (SSSR count). The van der Waals surface area contributed by atoms with Gasteiger partial charge >= 0.3 is 5.97 Å². The largest absolute Gasteiger partial charge is 0.459 e. The van der Waals surface area contributed by atoms with Crippen molar-refractivity contribution >= 4 is 5.97 Å². The number of benzene rings is 2. The molecule has 2 fully saturated rings. The van der Waals surface area contributed by atoms with Gasteiger partial charge in [-0.2, -0.15) is 0 Å². The first kappa shape index (κ1) is 20.0. The van der Waals surface area contributed by atoms with Gasteiger partial charge in [0.15, 0.2) is 0 Å². The Labute approximate surface area is 169 Å². The second-order valence-corrected chi connectivity index (χ2v) is 7.85. The average molecular weight is 401 g/mol. The summed E-state index contributed by atoms with van der Waals surface area (Å²) >= 11 is 0. The van der Waals surface area contributed by atoms with Gasteiger partial charge in [0.25, 0.3) is 0 Å². The maximum atomic E-state index is 13.3. The normalized spacial score (nSPS) is 19.1. The number of nitrogens with zero attached hydrogens (tertiary/aromatic N) is 1. The van der Waals surface area contributed by atoms with Crippen LogP contribution < -0.4 is 0 Å². The van der Waals surface area contributed by atoms with Crippen LogP contribution >= 0.6 is 0 Å². The molecular weight excluding hydrogens is 376 g/mol. The van der Waals surface area contributed by atoms with Crippen LogP contribution in [0, 0.1) is 11.6 Å². The number of hydrogen-bond acceptors (Lipinski definition) is 4. The molecule has 154 valence electrons. The number of likely N-dealkylation sites (tertiary alicyclic amines) is 1. The molecule has 2 aromatic carbocycles. The highest BCUT2D eigenvalue weighted by Crippen LogP contribution is 2.36. The highest BCUT2D eigenvalue weighted by Gasteiger charge is 2.42. The van der Waals surface area contributed by atoms with Crippen molar-refractivity contribution in [2.45, 2.75) is 37.4 Å². The van der Waals surface area contributed by atoms with Crippen LogP contribution in [-0.4, -0.2) is 42.7 Å². The number of halogens is 2. The SMILES string of the molecule is O=C1CCC2(CCN(CCOC(c3ccc(F)cc3)c3ccc(F)cc3)CC2)O1. The van der Waals surface area contributed by atoms with E-state index in [9.17, 15) is 13.6 Å². The molecule has 0 unspecified atom stereocenters. The van der Waals surface area contributed by atoms with E-state index in [1.165, 1.54) is 24.3 Å². The van der Waals surface area contributed by atoms with Crippen LogP contribution in [0.2, 0.25) is 0 Å². The zero-order chi connectivity index (χ0) is 20.3. The van der Waals surface area contributed by atoms with Gasteiger partial charge in [-0.25, -0.2) is 8.78 Å². The Hall–Kier alpha value is -2.31. The minimum atomic E-state index is -0.386. The zero-order valence-corrected chi connectivity index (χ0v) is 16.3. The highest BCUT2D eigenvalue weighted by molar-refractivity contribution is 5.72. The summed E-state index contributed by atoms with van der Waals surface area (Å²) in [5, 5.41) is 0. The summed E-state index contributed by atoms with van der Waals surface area (Å²) < 4.78 is 38.4. The van der Waals surface area contributed by atoms with Gasteiger partial charge in [0.2, 0.25) is 0 Å². The number of ether oxygens (including phenoxy) is 2. The molecule has 1 spiro atoms. The summed E-state index contributed by atoms with van der Waals surface area (Å²) in [5.74, 6) is -0.689. The Kier molecular flexibility index (Phi) is 5.92. The van der Waals surface area contributed by atoms with Crippen molar-refractivity contribution in [2.24, 2.45) is 0 Å². The first-order chi connectivity index (χ1) is 14.0. The van der Waals surface area contributed by atoms with E-state index in [2.05, 4.69) is 4.90 Å². The lowest BCUT2D eigenvalue weighted by molar-refractivity contribution is -0.152. The minimum absolute atomic E-state index is 0.0804. The predicted octanol–water partition coefficient (Wildman–Crippen LogP) is 4.24. The Bertz CT molecular complexity index is 785. The fraction of sp³-hybridized carbons (Fsp3) is 0.435. The maximum absolute atomic E-state index is 13.3. The third-order valence-electron chi connectivity index (χ3n) is 5.92. The Morgan fingerprint density at radius 1 is 0.931 bits per heavy atom. The maximum Gasteiger partial charge on any atom is 0.306 e. The molecule has 2 heterocycles. The summed E-state index contributed by atoms with van der Waals surface area (Å²) in [5.41, 5.74) is 1.40. The molecule has 6 heteroatoms. The van der Waals surface area contributed by atoms with Crippen molar-refractivity contribution in [3.8, 4) is 0 Å². The Morgan fingerprint density at radius 3 is 1.97 bits per heavy atom. The van der Waals surface area contributed by atoms with Gasteiger partial charge in [-0.1, -0.05) is 24.3 Å². The van der Waals surface area contributed by atoms with E-state index in [4.69, 9.17) is 9.47 Å². The molecule has 0 amide bonds. The van der Waals surface area contributed by atoms with Gasteiger partial charge in [-0.15, -0.1) is 0 Å². The fourth-order valence-corrected chi connectivity index (χ4v) is 4.17. The number of hydrogen-bond donors (Lipinski definition) is 0. The molecular formula is C23H25F2NO3. The zero-order valence-electron chi connectivity index (χ0n) is 16.3. The highest BCUT2D eigenvalue weighted by atomic mass is 19.1. The van der Waals surface area contributed by atoms with Gasteiger partial charge in [0.1, 0.15) is 23.3 Å². The predicted molar refractivity (Wildman–Crippen MR) is 104 cm³/mol. The van der Waals surface area contributed by atoms with Crippen LogP contribution in [0.3, 0.4) is 0 Å². The quantitative estimate of drug-likeness (QED) is 0.679.